The number of anilines is 1. The molecule has 1 unspecified atom stereocenters. The van der Waals surface area contributed by atoms with Crippen LogP contribution in [0.5, 0.6) is 0 Å². The number of halogens is 1. The van der Waals surface area contributed by atoms with Crippen LogP contribution in [0.15, 0.2) is 65.5 Å². The van der Waals surface area contributed by atoms with Crippen molar-refractivity contribution in [2.24, 2.45) is 16.3 Å². The monoisotopic (exact) mass is 469 g/mol. The summed E-state index contributed by atoms with van der Waals surface area (Å²) < 4.78 is 3.85. The van der Waals surface area contributed by atoms with Crippen LogP contribution in [0, 0.1) is 11.3 Å². The van der Waals surface area contributed by atoms with E-state index in [9.17, 15) is 5.11 Å². The van der Waals surface area contributed by atoms with E-state index >= 15 is 0 Å². The molecule has 0 spiro atoms. The van der Waals surface area contributed by atoms with E-state index in [0.29, 0.717) is 18.1 Å². The van der Waals surface area contributed by atoms with Gasteiger partial charge in [0.15, 0.2) is 12.7 Å². The van der Waals surface area contributed by atoms with Gasteiger partial charge in [-0.15, -0.1) is 0 Å². The summed E-state index contributed by atoms with van der Waals surface area (Å²) in [4.78, 5) is 4.91. The highest BCUT2D eigenvalue weighted by Crippen LogP contribution is 2.43. The van der Waals surface area contributed by atoms with Gasteiger partial charge in [0.05, 0.1) is 24.9 Å². The van der Waals surface area contributed by atoms with E-state index in [4.69, 9.17) is 10.7 Å². The molecule has 3 heterocycles. The van der Waals surface area contributed by atoms with Gasteiger partial charge in [0.2, 0.25) is 5.69 Å². The summed E-state index contributed by atoms with van der Waals surface area (Å²) in [6, 6.07) is 6.32. The van der Waals surface area contributed by atoms with Crippen LogP contribution in [-0.4, -0.2) is 27.2 Å². The first-order chi connectivity index (χ1) is 13.9. The van der Waals surface area contributed by atoms with Crippen LogP contribution >= 0.6 is 0 Å². The third-order valence-corrected chi connectivity index (χ3v) is 5.46. The number of hydrogen-bond acceptors (Lipinski definition) is 4. The molecule has 2 aliphatic rings. The van der Waals surface area contributed by atoms with Crippen molar-refractivity contribution >= 4 is 22.8 Å². The van der Waals surface area contributed by atoms with Gasteiger partial charge in [0.1, 0.15) is 11.5 Å². The number of aliphatic hydroxyl groups is 1. The molecule has 0 radical (unpaired) electrons. The van der Waals surface area contributed by atoms with E-state index in [0.717, 1.165) is 12.3 Å². The number of rotatable bonds is 4. The Morgan fingerprint density at radius 3 is 2.87 bits per heavy atom. The van der Waals surface area contributed by atoms with Crippen LogP contribution in [0.25, 0.3) is 5.57 Å². The molecule has 1 aliphatic heterocycles. The number of nitrogen functional groups attached to an aromatic ring is 1. The molecular formula is C23H28BrN5O. The second-order valence-corrected chi connectivity index (χ2v) is 8.53. The van der Waals surface area contributed by atoms with E-state index in [1.54, 1.807) is 10.9 Å². The SMILES string of the molecule is CC(C)(C)C1C(C2=CC[n+]3ccccc32)=CC=CC1=Nc1cnn(CCO)c1N.[Br-]. The molecule has 2 aromatic rings. The minimum atomic E-state index is -0.0334. The Morgan fingerprint density at radius 1 is 1.33 bits per heavy atom. The van der Waals surface area contributed by atoms with Crippen molar-refractivity contribution in [1.29, 1.82) is 0 Å². The Bertz CT molecular complexity index is 1060. The largest absolute Gasteiger partial charge is 1.00 e. The van der Waals surface area contributed by atoms with Gasteiger partial charge in [-0.2, -0.15) is 9.67 Å². The standard InChI is InChI=1S/C23H28N5O.BrH/c1-23(2,3)21-17(16-10-12-27-11-5-4-9-20(16)27)7-6-8-18(21)26-19-15-25-28(13-14-29)22(19)24;/h4-11,15,21,29H,12-14,24H2,1-3H3;1H/q+1;/p-1. The number of nitrogens with zero attached hydrogens (tertiary/aromatic N) is 4. The Kier molecular flexibility index (Phi) is 6.43. The Balaban J connectivity index is 0.00000256. The number of pyridine rings is 1. The molecule has 1 atom stereocenters. The van der Waals surface area contributed by atoms with Crippen LogP contribution in [-0.2, 0) is 13.1 Å². The molecule has 7 heteroatoms. The van der Waals surface area contributed by atoms with E-state index in [-0.39, 0.29) is 34.9 Å². The maximum atomic E-state index is 9.18. The average Bonchev–Trinajstić information content (AvgIpc) is 3.26. The Morgan fingerprint density at radius 2 is 2.13 bits per heavy atom. The van der Waals surface area contributed by atoms with Crippen LogP contribution in [0.1, 0.15) is 26.5 Å². The van der Waals surface area contributed by atoms with Gasteiger partial charge in [-0.1, -0.05) is 32.9 Å². The van der Waals surface area contributed by atoms with Gasteiger partial charge >= 0.3 is 0 Å². The van der Waals surface area contributed by atoms with E-state index in [2.05, 4.69) is 79.1 Å². The van der Waals surface area contributed by atoms with E-state index in [1.807, 2.05) is 0 Å². The lowest BCUT2D eigenvalue weighted by atomic mass is 9.69. The summed E-state index contributed by atoms with van der Waals surface area (Å²) in [7, 11) is 0. The second kappa shape index (κ2) is 8.70. The number of allylic oxidation sites excluding steroid dienone is 6. The van der Waals surface area contributed by atoms with Gasteiger partial charge in [-0.05, 0) is 29.2 Å². The fourth-order valence-electron chi connectivity index (χ4n) is 4.18. The molecular weight excluding hydrogens is 442 g/mol. The molecule has 0 saturated carbocycles. The molecule has 0 fully saturated rings. The fraction of sp³-hybridized carbons (Fsp3) is 0.348. The van der Waals surface area contributed by atoms with Gasteiger partial charge in [-0.25, -0.2) is 9.67 Å². The lowest BCUT2D eigenvalue weighted by Crippen LogP contribution is -3.00. The Labute approximate surface area is 187 Å². The van der Waals surface area contributed by atoms with Crippen LogP contribution in [0.4, 0.5) is 11.5 Å². The predicted octanol–water partition coefficient (Wildman–Crippen LogP) is 0.0773. The van der Waals surface area contributed by atoms with Crippen molar-refractivity contribution in [2.75, 3.05) is 12.3 Å². The number of aliphatic imine (C=N–C) groups is 1. The van der Waals surface area contributed by atoms with E-state index in [1.165, 1.54) is 16.8 Å². The summed E-state index contributed by atoms with van der Waals surface area (Å²) in [5, 5.41) is 13.4. The minimum Gasteiger partial charge on any atom is -1.00 e. The zero-order chi connectivity index (χ0) is 20.6. The van der Waals surface area contributed by atoms with Crippen LogP contribution in [0.2, 0.25) is 0 Å². The van der Waals surface area contributed by atoms with Crippen LogP contribution < -0.4 is 27.3 Å². The molecule has 3 N–H and O–H groups in total. The lowest BCUT2D eigenvalue weighted by molar-refractivity contribution is -0.684. The first-order valence-corrected chi connectivity index (χ1v) is 9.98. The highest BCUT2D eigenvalue weighted by molar-refractivity contribution is 6.05. The zero-order valence-electron chi connectivity index (χ0n) is 17.6. The van der Waals surface area contributed by atoms with Crippen molar-refractivity contribution in [1.82, 2.24) is 9.78 Å². The maximum Gasteiger partial charge on any atom is 0.212 e. The molecule has 6 nitrogen and oxygen atoms in total. The maximum absolute atomic E-state index is 9.18. The molecule has 0 saturated heterocycles. The molecule has 4 rings (SSSR count). The number of hydrogen-bond donors (Lipinski definition) is 2. The Hall–Kier alpha value is -2.51. The van der Waals surface area contributed by atoms with E-state index < -0.39 is 0 Å². The molecule has 158 valence electrons. The first kappa shape index (κ1) is 22.2. The van der Waals surface area contributed by atoms with Crippen molar-refractivity contribution in [3.63, 3.8) is 0 Å². The summed E-state index contributed by atoms with van der Waals surface area (Å²) in [5.74, 6) is 0.593. The molecule has 2 aromatic heterocycles. The van der Waals surface area contributed by atoms with Crippen molar-refractivity contribution < 1.29 is 26.7 Å². The predicted molar refractivity (Wildman–Crippen MR) is 116 cm³/mol. The average molecular weight is 470 g/mol. The van der Waals surface area contributed by atoms with Gasteiger partial charge in [-0.3, -0.25) is 0 Å². The first-order valence-electron chi connectivity index (χ1n) is 9.98. The van der Waals surface area contributed by atoms with Crippen molar-refractivity contribution in [2.45, 2.75) is 33.9 Å². The number of nitrogens with two attached hydrogens (primary N) is 1. The summed E-state index contributed by atoms with van der Waals surface area (Å²) in [5.41, 5.74) is 11.6. The third-order valence-electron chi connectivity index (χ3n) is 5.46. The van der Waals surface area contributed by atoms with Gasteiger partial charge < -0.3 is 27.8 Å². The van der Waals surface area contributed by atoms with Crippen molar-refractivity contribution in [3.8, 4) is 0 Å². The highest BCUT2D eigenvalue weighted by Gasteiger charge is 2.37. The molecule has 1 aliphatic carbocycles. The fourth-order valence-corrected chi connectivity index (χ4v) is 4.18. The minimum absolute atomic E-state index is 0. The zero-order valence-corrected chi connectivity index (χ0v) is 19.2. The second-order valence-electron chi connectivity index (χ2n) is 8.53. The molecule has 0 bridgehead atoms. The number of fused-ring (bicyclic) bond motifs is 1. The molecule has 0 amide bonds. The number of aliphatic hydroxyl groups excluding tert-OH is 1. The van der Waals surface area contributed by atoms with Gasteiger partial charge in [0, 0.05) is 23.8 Å². The topological polar surface area (TPSA) is 80.3 Å². The van der Waals surface area contributed by atoms with Crippen LogP contribution in [0.3, 0.4) is 0 Å². The highest BCUT2D eigenvalue weighted by atomic mass is 79.9. The quantitative estimate of drug-likeness (QED) is 0.622. The third kappa shape index (κ3) is 4.04. The normalized spacial score (nSPS) is 19.3. The summed E-state index contributed by atoms with van der Waals surface area (Å²) >= 11 is 0. The number of aromatic nitrogens is 3. The lowest BCUT2D eigenvalue weighted by Gasteiger charge is -2.34. The molecule has 0 aromatic carbocycles. The van der Waals surface area contributed by atoms with Gasteiger partial charge in [0.25, 0.3) is 0 Å². The summed E-state index contributed by atoms with van der Waals surface area (Å²) in [6.45, 7) is 7.97. The smallest absolute Gasteiger partial charge is 0.212 e. The molecule has 30 heavy (non-hydrogen) atoms. The van der Waals surface area contributed by atoms with Crippen molar-refractivity contribution in [3.05, 3.63) is 66.2 Å². The summed E-state index contributed by atoms with van der Waals surface area (Å²) in [6.07, 6.45) is 12.4.